The van der Waals surface area contributed by atoms with Crippen molar-refractivity contribution in [2.24, 2.45) is 16.7 Å². The first kappa shape index (κ1) is 16.6. The molecule has 0 aromatic heterocycles. The molecule has 0 radical (unpaired) electrons. The topological polar surface area (TPSA) is 63.2 Å². The minimum Gasteiger partial charge on any atom is -0.299 e. The molecule has 2 atom stereocenters. The Morgan fingerprint density at radius 3 is 2.65 bits per heavy atom. The van der Waals surface area contributed by atoms with Crippen molar-refractivity contribution in [2.75, 3.05) is 5.75 Å². The summed E-state index contributed by atoms with van der Waals surface area (Å²) in [5.41, 5.74) is -0.490. The molecule has 2 fully saturated rings. The summed E-state index contributed by atoms with van der Waals surface area (Å²) < 4.78 is 40.7. The summed E-state index contributed by atoms with van der Waals surface area (Å²) in [6.45, 7) is 4.06. The van der Waals surface area contributed by atoms with E-state index in [4.69, 9.17) is 0 Å². The zero-order valence-electron chi connectivity index (χ0n) is 13.4. The second-order valence-electron chi connectivity index (χ2n) is 7.38. The first-order valence-electron chi connectivity index (χ1n) is 7.91. The molecule has 1 aromatic rings. The van der Waals surface area contributed by atoms with Crippen LogP contribution in [0.3, 0.4) is 0 Å². The number of halogens is 1. The SMILES string of the molecule is CC1(C)[C@H]2CCC1(CS(=O)(=O)NCc1cccc(F)c1)C(=O)C2. The van der Waals surface area contributed by atoms with E-state index in [-0.39, 0.29) is 29.4 Å². The fraction of sp³-hybridized carbons (Fsp3) is 0.588. The van der Waals surface area contributed by atoms with E-state index in [9.17, 15) is 17.6 Å². The Hall–Kier alpha value is -1.27. The fourth-order valence-corrected chi connectivity index (χ4v) is 6.14. The largest absolute Gasteiger partial charge is 0.299 e. The number of hydrogen-bond donors (Lipinski definition) is 1. The number of carbonyl (C=O) groups is 1. The van der Waals surface area contributed by atoms with Crippen molar-refractivity contribution in [3.8, 4) is 0 Å². The molecule has 4 nitrogen and oxygen atoms in total. The zero-order chi connectivity index (χ0) is 16.9. The van der Waals surface area contributed by atoms with Crippen molar-refractivity contribution in [1.29, 1.82) is 0 Å². The molecule has 1 N–H and O–H groups in total. The van der Waals surface area contributed by atoms with E-state index in [1.54, 1.807) is 12.1 Å². The van der Waals surface area contributed by atoms with Gasteiger partial charge in [0, 0.05) is 18.4 Å². The number of hydrogen-bond acceptors (Lipinski definition) is 3. The van der Waals surface area contributed by atoms with Gasteiger partial charge in [-0.15, -0.1) is 0 Å². The molecule has 2 aliphatic rings. The molecule has 0 aliphatic heterocycles. The Morgan fingerprint density at radius 1 is 1.35 bits per heavy atom. The van der Waals surface area contributed by atoms with Crippen LogP contribution in [-0.2, 0) is 21.4 Å². The Balaban J connectivity index is 1.75. The standard InChI is InChI=1S/C17H22FNO3S/c1-16(2)13-6-7-17(16,15(20)9-13)11-23(21,22)19-10-12-4-3-5-14(18)8-12/h3-5,8,13,19H,6-7,9-11H2,1-2H3/t13-,17?/m0/s1. The van der Waals surface area contributed by atoms with Crippen LogP contribution in [0.4, 0.5) is 4.39 Å². The van der Waals surface area contributed by atoms with E-state index in [0.717, 1.165) is 6.42 Å². The van der Waals surface area contributed by atoms with Crippen LogP contribution in [0.25, 0.3) is 0 Å². The van der Waals surface area contributed by atoms with Crippen molar-refractivity contribution in [2.45, 2.75) is 39.7 Å². The maximum absolute atomic E-state index is 13.2. The molecule has 6 heteroatoms. The molecule has 0 spiro atoms. The van der Waals surface area contributed by atoms with E-state index in [1.165, 1.54) is 12.1 Å². The van der Waals surface area contributed by atoms with Crippen LogP contribution < -0.4 is 4.72 Å². The molecular formula is C17H22FNO3S. The smallest absolute Gasteiger partial charge is 0.212 e. The second kappa shape index (κ2) is 5.38. The van der Waals surface area contributed by atoms with Crippen LogP contribution >= 0.6 is 0 Å². The van der Waals surface area contributed by atoms with Gasteiger partial charge in [0.1, 0.15) is 11.6 Å². The molecular weight excluding hydrogens is 317 g/mol. The highest BCUT2D eigenvalue weighted by Crippen LogP contribution is 2.64. The van der Waals surface area contributed by atoms with Crippen LogP contribution in [-0.4, -0.2) is 20.0 Å². The Bertz CT molecular complexity index is 744. The zero-order valence-corrected chi connectivity index (χ0v) is 14.2. The molecule has 23 heavy (non-hydrogen) atoms. The van der Waals surface area contributed by atoms with Gasteiger partial charge in [-0.1, -0.05) is 26.0 Å². The van der Waals surface area contributed by atoms with Gasteiger partial charge in [-0.05, 0) is 41.9 Å². The van der Waals surface area contributed by atoms with Gasteiger partial charge in [0.25, 0.3) is 0 Å². The van der Waals surface area contributed by atoms with E-state index in [2.05, 4.69) is 4.72 Å². The van der Waals surface area contributed by atoms with Gasteiger partial charge in [-0.25, -0.2) is 17.5 Å². The lowest BCUT2D eigenvalue weighted by atomic mass is 9.70. The molecule has 0 saturated heterocycles. The third-order valence-electron chi connectivity index (χ3n) is 5.96. The number of fused-ring (bicyclic) bond motifs is 2. The highest BCUT2D eigenvalue weighted by atomic mass is 32.2. The number of nitrogens with one attached hydrogen (secondary N) is 1. The highest BCUT2D eigenvalue weighted by molar-refractivity contribution is 7.89. The highest BCUT2D eigenvalue weighted by Gasteiger charge is 2.65. The van der Waals surface area contributed by atoms with Gasteiger partial charge in [0.15, 0.2) is 0 Å². The van der Waals surface area contributed by atoms with Crippen LogP contribution in [0.15, 0.2) is 24.3 Å². The van der Waals surface area contributed by atoms with Gasteiger partial charge in [0.2, 0.25) is 10.0 Å². The minimum absolute atomic E-state index is 0.0359. The molecule has 2 saturated carbocycles. The van der Waals surface area contributed by atoms with Crippen LogP contribution in [0.1, 0.15) is 38.7 Å². The van der Waals surface area contributed by atoms with Crippen LogP contribution in [0.2, 0.25) is 0 Å². The first-order chi connectivity index (χ1) is 10.7. The third kappa shape index (κ3) is 2.72. The molecule has 126 valence electrons. The Kier molecular flexibility index (Phi) is 3.88. The summed E-state index contributed by atoms with van der Waals surface area (Å²) in [4.78, 5) is 12.4. The maximum Gasteiger partial charge on any atom is 0.212 e. The number of Topliss-reactive ketones (excluding diaryl/α,β-unsaturated/α-hetero) is 1. The van der Waals surface area contributed by atoms with E-state index in [0.29, 0.717) is 18.4 Å². The average Bonchev–Trinajstić information content (AvgIpc) is 2.79. The molecule has 3 rings (SSSR count). The lowest BCUT2D eigenvalue weighted by molar-refractivity contribution is -0.128. The summed E-state index contributed by atoms with van der Waals surface area (Å²) in [6, 6.07) is 5.83. The van der Waals surface area contributed by atoms with Gasteiger partial charge in [-0.2, -0.15) is 0 Å². The van der Waals surface area contributed by atoms with Crippen molar-refractivity contribution < 1.29 is 17.6 Å². The first-order valence-corrected chi connectivity index (χ1v) is 9.57. The summed E-state index contributed by atoms with van der Waals surface area (Å²) in [5.74, 6) is -0.202. The number of ketones is 1. The van der Waals surface area contributed by atoms with E-state index >= 15 is 0 Å². The fourth-order valence-electron chi connectivity index (χ4n) is 4.32. The lowest BCUT2D eigenvalue weighted by Gasteiger charge is -2.36. The number of rotatable bonds is 5. The molecule has 1 unspecified atom stereocenters. The predicted octanol–water partition coefficient (Wildman–Crippen LogP) is 2.64. The normalized spacial score (nSPS) is 29.2. The van der Waals surface area contributed by atoms with Crippen LogP contribution in [0, 0.1) is 22.6 Å². The molecule has 0 heterocycles. The van der Waals surface area contributed by atoms with Crippen molar-refractivity contribution >= 4 is 15.8 Å². The number of carbonyl (C=O) groups excluding carboxylic acids is 1. The minimum atomic E-state index is -3.62. The van der Waals surface area contributed by atoms with Crippen molar-refractivity contribution in [3.05, 3.63) is 35.6 Å². The number of benzene rings is 1. The predicted molar refractivity (Wildman–Crippen MR) is 85.6 cm³/mol. The molecule has 1 aromatic carbocycles. The summed E-state index contributed by atoms with van der Waals surface area (Å²) in [7, 11) is -3.62. The summed E-state index contributed by atoms with van der Waals surface area (Å²) in [6.07, 6.45) is 2.05. The van der Waals surface area contributed by atoms with Gasteiger partial charge < -0.3 is 0 Å². The van der Waals surface area contributed by atoms with Gasteiger partial charge in [0.05, 0.1) is 5.75 Å². The van der Waals surface area contributed by atoms with Crippen LogP contribution in [0.5, 0.6) is 0 Å². The quantitative estimate of drug-likeness (QED) is 0.897. The van der Waals surface area contributed by atoms with Crippen molar-refractivity contribution in [3.63, 3.8) is 0 Å². The molecule has 0 amide bonds. The van der Waals surface area contributed by atoms with Gasteiger partial charge >= 0.3 is 0 Å². The summed E-state index contributed by atoms with van der Waals surface area (Å²) in [5, 5.41) is 0. The number of sulfonamides is 1. The maximum atomic E-state index is 13.2. The van der Waals surface area contributed by atoms with E-state index < -0.39 is 21.3 Å². The Labute approximate surface area is 136 Å². The summed E-state index contributed by atoms with van der Waals surface area (Å²) >= 11 is 0. The second-order valence-corrected chi connectivity index (χ2v) is 9.18. The molecule has 2 aliphatic carbocycles. The monoisotopic (exact) mass is 339 g/mol. The Morgan fingerprint density at radius 2 is 2.09 bits per heavy atom. The van der Waals surface area contributed by atoms with Crippen molar-refractivity contribution in [1.82, 2.24) is 4.72 Å². The lowest BCUT2D eigenvalue weighted by Crippen LogP contribution is -2.45. The molecule has 2 bridgehead atoms. The van der Waals surface area contributed by atoms with Gasteiger partial charge in [-0.3, -0.25) is 4.79 Å². The third-order valence-corrected chi connectivity index (χ3v) is 7.42. The van der Waals surface area contributed by atoms with E-state index in [1.807, 2.05) is 13.8 Å². The average molecular weight is 339 g/mol.